The summed E-state index contributed by atoms with van der Waals surface area (Å²) in [6.07, 6.45) is 5.71. The SMILES string of the molecule is CC1CCC(/C(=N\O)c2ccc(CCC(N)(CO)CO)cc2)CC1. The molecule has 1 saturated carbocycles. The van der Waals surface area contributed by atoms with E-state index in [4.69, 9.17) is 5.73 Å². The van der Waals surface area contributed by atoms with Gasteiger partial charge in [-0.3, -0.25) is 0 Å². The summed E-state index contributed by atoms with van der Waals surface area (Å²) in [7, 11) is 0. The fourth-order valence-corrected chi connectivity index (χ4v) is 3.35. The maximum atomic E-state index is 9.46. The summed E-state index contributed by atoms with van der Waals surface area (Å²) in [4.78, 5) is 0. The number of nitrogens with two attached hydrogens (primary N) is 1. The Kier molecular flexibility index (Phi) is 6.78. The molecule has 5 heteroatoms. The van der Waals surface area contributed by atoms with Gasteiger partial charge in [-0.1, -0.05) is 49.2 Å². The average molecular weight is 334 g/mol. The Hall–Kier alpha value is -1.43. The number of nitrogens with zero attached hydrogens (tertiary/aromatic N) is 1. The molecule has 0 aliphatic heterocycles. The van der Waals surface area contributed by atoms with E-state index in [0.717, 1.165) is 35.6 Å². The lowest BCUT2D eigenvalue weighted by molar-refractivity contribution is 0.115. The Labute approximate surface area is 144 Å². The largest absolute Gasteiger partial charge is 0.411 e. The molecule has 2 rings (SSSR count). The molecule has 1 fully saturated rings. The molecule has 0 radical (unpaired) electrons. The Morgan fingerprint density at radius 2 is 1.71 bits per heavy atom. The van der Waals surface area contributed by atoms with E-state index in [9.17, 15) is 15.4 Å². The summed E-state index contributed by atoms with van der Waals surface area (Å²) in [6.45, 7) is 1.81. The minimum atomic E-state index is -0.935. The fourth-order valence-electron chi connectivity index (χ4n) is 3.35. The van der Waals surface area contributed by atoms with Gasteiger partial charge in [0.2, 0.25) is 0 Å². The number of oxime groups is 1. The maximum absolute atomic E-state index is 9.46. The number of hydrogen-bond donors (Lipinski definition) is 4. The van der Waals surface area contributed by atoms with E-state index in [1.54, 1.807) is 0 Å². The summed E-state index contributed by atoms with van der Waals surface area (Å²) in [5.74, 6) is 1.09. The summed E-state index contributed by atoms with van der Waals surface area (Å²) < 4.78 is 0. The van der Waals surface area contributed by atoms with Crippen molar-refractivity contribution in [3.63, 3.8) is 0 Å². The standard InChI is InChI=1S/C19H30N2O3/c1-14-2-6-16(7-3-14)18(21-24)17-8-4-15(5-9-17)10-11-19(20,12-22)13-23/h4-5,8-9,14,16,22-24H,2-3,6-7,10-13,20H2,1H3/b21-18+. The summed E-state index contributed by atoms with van der Waals surface area (Å²) in [5.41, 5.74) is 7.80. The number of benzene rings is 1. The van der Waals surface area contributed by atoms with Gasteiger partial charge in [-0.2, -0.15) is 0 Å². The van der Waals surface area contributed by atoms with Crippen LogP contribution in [0.4, 0.5) is 0 Å². The van der Waals surface area contributed by atoms with Gasteiger partial charge in [-0.05, 0) is 42.7 Å². The molecular weight excluding hydrogens is 304 g/mol. The first kappa shape index (κ1) is 18.9. The van der Waals surface area contributed by atoms with E-state index >= 15 is 0 Å². The lowest BCUT2D eigenvalue weighted by Gasteiger charge is -2.27. The van der Waals surface area contributed by atoms with Crippen molar-refractivity contribution < 1.29 is 15.4 Å². The van der Waals surface area contributed by atoms with E-state index in [1.165, 1.54) is 12.8 Å². The Morgan fingerprint density at radius 3 is 2.21 bits per heavy atom. The quantitative estimate of drug-likeness (QED) is 0.349. The molecule has 1 aromatic carbocycles. The zero-order valence-corrected chi connectivity index (χ0v) is 14.5. The molecule has 0 saturated heterocycles. The third-order valence-corrected chi connectivity index (χ3v) is 5.30. The van der Waals surface area contributed by atoms with Crippen molar-refractivity contribution in [3.05, 3.63) is 35.4 Å². The molecular formula is C19H30N2O3. The van der Waals surface area contributed by atoms with Gasteiger partial charge in [-0.15, -0.1) is 0 Å². The minimum Gasteiger partial charge on any atom is -0.411 e. The van der Waals surface area contributed by atoms with Crippen LogP contribution < -0.4 is 5.73 Å². The van der Waals surface area contributed by atoms with Crippen LogP contribution in [0, 0.1) is 11.8 Å². The highest BCUT2D eigenvalue weighted by Gasteiger charge is 2.25. The third-order valence-electron chi connectivity index (χ3n) is 5.30. The number of aryl methyl sites for hydroxylation is 1. The van der Waals surface area contributed by atoms with Gasteiger partial charge in [0, 0.05) is 5.92 Å². The summed E-state index contributed by atoms with van der Waals surface area (Å²) in [6, 6.07) is 7.97. The highest BCUT2D eigenvalue weighted by Crippen LogP contribution is 2.31. The molecule has 24 heavy (non-hydrogen) atoms. The van der Waals surface area contributed by atoms with Gasteiger partial charge in [-0.25, -0.2) is 0 Å². The van der Waals surface area contributed by atoms with Crippen LogP contribution in [0.2, 0.25) is 0 Å². The van der Waals surface area contributed by atoms with Gasteiger partial charge in [0.1, 0.15) is 0 Å². The smallest absolute Gasteiger partial charge is 0.0898 e. The molecule has 0 heterocycles. The van der Waals surface area contributed by atoms with E-state index in [2.05, 4.69) is 12.1 Å². The molecule has 5 N–H and O–H groups in total. The maximum Gasteiger partial charge on any atom is 0.0898 e. The van der Waals surface area contributed by atoms with Gasteiger partial charge in [0.15, 0.2) is 0 Å². The molecule has 0 amide bonds. The van der Waals surface area contributed by atoms with E-state index in [-0.39, 0.29) is 13.2 Å². The van der Waals surface area contributed by atoms with Crippen LogP contribution in [0.3, 0.4) is 0 Å². The van der Waals surface area contributed by atoms with E-state index in [0.29, 0.717) is 18.8 Å². The highest BCUT2D eigenvalue weighted by atomic mass is 16.4. The second kappa shape index (κ2) is 8.60. The lowest BCUT2D eigenvalue weighted by Crippen LogP contribution is -2.47. The van der Waals surface area contributed by atoms with Gasteiger partial charge in [0.25, 0.3) is 0 Å². The Morgan fingerprint density at radius 1 is 1.12 bits per heavy atom. The highest BCUT2D eigenvalue weighted by molar-refractivity contribution is 6.01. The van der Waals surface area contributed by atoms with Crippen molar-refractivity contribution in [3.8, 4) is 0 Å². The van der Waals surface area contributed by atoms with Crippen LogP contribution in [0.15, 0.2) is 29.4 Å². The van der Waals surface area contributed by atoms with Crippen molar-refractivity contribution >= 4 is 5.71 Å². The summed E-state index contributed by atoms with van der Waals surface area (Å²) >= 11 is 0. The molecule has 0 unspecified atom stereocenters. The van der Waals surface area contributed by atoms with E-state index in [1.807, 2.05) is 24.3 Å². The Bertz CT molecular complexity index is 530. The van der Waals surface area contributed by atoms with Crippen molar-refractivity contribution in [2.75, 3.05) is 13.2 Å². The minimum absolute atomic E-state index is 0.233. The fraction of sp³-hybridized carbons (Fsp3) is 0.632. The molecule has 1 aromatic rings. The van der Waals surface area contributed by atoms with Crippen molar-refractivity contribution in [2.45, 2.75) is 51.0 Å². The summed E-state index contributed by atoms with van der Waals surface area (Å²) in [5, 5.41) is 31.5. The average Bonchev–Trinajstić information content (AvgIpc) is 2.63. The van der Waals surface area contributed by atoms with Crippen molar-refractivity contribution in [1.29, 1.82) is 0 Å². The first-order valence-corrected chi connectivity index (χ1v) is 8.83. The zero-order chi connectivity index (χ0) is 17.6. The van der Waals surface area contributed by atoms with Gasteiger partial charge in [0.05, 0.1) is 24.5 Å². The van der Waals surface area contributed by atoms with Crippen molar-refractivity contribution in [2.24, 2.45) is 22.7 Å². The monoisotopic (exact) mass is 334 g/mol. The second-order valence-electron chi connectivity index (χ2n) is 7.32. The van der Waals surface area contributed by atoms with Crippen LogP contribution in [-0.2, 0) is 6.42 Å². The van der Waals surface area contributed by atoms with Crippen molar-refractivity contribution in [1.82, 2.24) is 0 Å². The van der Waals surface area contributed by atoms with E-state index < -0.39 is 5.54 Å². The molecule has 0 spiro atoms. The molecule has 0 bridgehead atoms. The molecule has 0 atom stereocenters. The number of hydrogen-bond acceptors (Lipinski definition) is 5. The Balaban J connectivity index is 2.00. The van der Waals surface area contributed by atoms with Crippen LogP contribution in [0.5, 0.6) is 0 Å². The van der Waals surface area contributed by atoms with Gasteiger partial charge >= 0.3 is 0 Å². The van der Waals surface area contributed by atoms with Crippen LogP contribution in [0.25, 0.3) is 0 Å². The molecule has 5 nitrogen and oxygen atoms in total. The lowest BCUT2D eigenvalue weighted by atomic mass is 9.79. The zero-order valence-electron chi connectivity index (χ0n) is 14.5. The number of aliphatic hydroxyl groups is 2. The predicted octanol–water partition coefficient (Wildman–Crippen LogP) is 2.31. The molecule has 1 aliphatic rings. The number of aliphatic hydroxyl groups excluding tert-OH is 2. The van der Waals surface area contributed by atoms with Crippen LogP contribution in [0.1, 0.15) is 50.2 Å². The molecule has 0 aromatic heterocycles. The molecule has 134 valence electrons. The van der Waals surface area contributed by atoms with Crippen LogP contribution >= 0.6 is 0 Å². The van der Waals surface area contributed by atoms with Crippen LogP contribution in [-0.4, -0.2) is 39.9 Å². The first-order valence-electron chi connectivity index (χ1n) is 8.83. The predicted molar refractivity (Wildman–Crippen MR) is 95.3 cm³/mol. The normalized spacial score (nSPS) is 22.6. The second-order valence-corrected chi connectivity index (χ2v) is 7.32. The molecule has 1 aliphatic carbocycles. The topological polar surface area (TPSA) is 99.1 Å². The first-order chi connectivity index (χ1) is 11.5. The number of rotatable bonds is 7. The third kappa shape index (κ3) is 4.79. The van der Waals surface area contributed by atoms with Gasteiger partial charge < -0.3 is 21.2 Å².